The molecule has 1 aromatic heterocycles. The summed E-state index contributed by atoms with van der Waals surface area (Å²) in [5, 5.41) is 1.78. The lowest BCUT2D eigenvalue weighted by Gasteiger charge is -2.33. The summed E-state index contributed by atoms with van der Waals surface area (Å²) < 4.78 is 28.1. The van der Waals surface area contributed by atoms with Crippen molar-refractivity contribution >= 4 is 37.3 Å². The van der Waals surface area contributed by atoms with Gasteiger partial charge in [-0.2, -0.15) is 0 Å². The van der Waals surface area contributed by atoms with E-state index < -0.39 is 10.0 Å². The van der Waals surface area contributed by atoms with Gasteiger partial charge in [-0.15, -0.1) is 11.3 Å². The molecule has 0 atom stereocenters. The Balaban J connectivity index is 2.03. The van der Waals surface area contributed by atoms with Gasteiger partial charge in [0.15, 0.2) is 0 Å². The first-order chi connectivity index (χ1) is 8.43. The Morgan fingerprint density at radius 1 is 1.39 bits per heavy atom. The molecular formula is C12H18BrNO2S2. The van der Waals surface area contributed by atoms with Crippen LogP contribution in [0.2, 0.25) is 0 Å². The highest BCUT2D eigenvalue weighted by Gasteiger charge is 2.29. The monoisotopic (exact) mass is 351 g/mol. The van der Waals surface area contributed by atoms with Crippen LogP contribution in [0.15, 0.2) is 20.1 Å². The number of thiophene rings is 1. The number of nitrogens with one attached hydrogen (secondary N) is 1. The van der Waals surface area contributed by atoms with E-state index >= 15 is 0 Å². The zero-order valence-electron chi connectivity index (χ0n) is 10.4. The molecule has 0 spiro atoms. The highest BCUT2D eigenvalue weighted by Crippen LogP contribution is 2.35. The molecule has 6 heteroatoms. The third-order valence-electron chi connectivity index (χ3n) is 3.58. The molecule has 0 aliphatic heterocycles. The molecule has 0 aromatic carbocycles. The summed E-state index contributed by atoms with van der Waals surface area (Å²) in [4.78, 5) is 0. The van der Waals surface area contributed by atoms with Gasteiger partial charge in [-0.05, 0) is 45.6 Å². The van der Waals surface area contributed by atoms with Crippen molar-refractivity contribution in [1.29, 1.82) is 0 Å². The summed E-state index contributed by atoms with van der Waals surface area (Å²) in [5.41, 5.74) is 0.120. The lowest BCUT2D eigenvalue weighted by atomic mass is 9.76. The van der Waals surface area contributed by atoms with E-state index in [1.807, 2.05) is 0 Å². The van der Waals surface area contributed by atoms with Gasteiger partial charge in [0.1, 0.15) is 4.21 Å². The third kappa shape index (κ3) is 3.35. The second kappa shape index (κ2) is 5.61. The Morgan fingerprint density at radius 2 is 2.06 bits per heavy atom. The first-order valence-corrected chi connectivity index (χ1v) is 9.31. The van der Waals surface area contributed by atoms with Crippen LogP contribution in [0.1, 0.15) is 39.0 Å². The Bertz CT molecular complexity index is 504. The molecule has 1 fully saturated rings. The number of hydrogen-bond donors (Lipinski definition) is 1. The maximum atomic E-state index is 12.2. The molecule has 1 N–H and O–H groups in total. The van der Waals surface area contributed by atoms with Gasteiger partial charge >= 0.3 is 0 Å². The van der Waals surface area contributed by atoms with Crippen molar-refractivity contribution in [2.45, 2.75) is 43.2 Å². The highest BCUT2D eigenvalue weighted by molar-refractivity contribution is 9.10. The molecule has 102 valence electrons. The van der Waals surface area contributed by atoms with Crippen molar-refractivity contribution in [2.75, 3.05) is 6.54 Å². The van der Waals surface area contributed by atoms with E-state index in [1.54, 1.807) is 11.4 Å². The molecule has 0 bridgehead atoms. The predicted molar refractivity (Wildman–Crippen MR) is 78.4 cm³/mol. The number of halogens is 1. The van der Waals surface area contributed by atoms with E-state index in [-0.39, 0.29) is 5.41 Å². The number of hydrogen-bond acceptors (Lipinski definition) is 3. The van der Waals surface area contributed by atoms with Gasteiger partial charge in [-0.25, -0.2) is 13.1 Å². The molecule has 18 heavy (non-hydrogen) atoms. The van der Waals surface area contributed by atoms with Crippen LogP contribution in [0.3, 0.4) is 0 Å². The summed E-state index contributed by atoms with van der Waals surface area (Å²) >= 11 is 4.52. The van der Waals surface area contributed by atoms with Crippen LogP contribution >= 0.6 is 27.3 Å². The van der Waals surface area contributed by atoms with Gasteiger partial charge in [-0.3, -0.25) is 0 Å². The molecule has 1 saturated carbocycles. The van der Waals surface area contributed by atoms with Crippen molar-refractivity contribution in [3.8, 4) is 0 Å². The fourth-order valence-electron chi connectivity index (χ4n) is 2.39. The first-order valence-electron chi connectivity index (χ1n) is 6.16. The second-order valence-corrected chi connectivity index (χ2v) is 8.98. The van der Waals surface area contributed by atoms with E-state index in [1.165, 1.54) is 30.6 Å². The molecule has 3 nitrogen and oxygen atoms in total. The Labute approximate surface area is 121 Å². The van der Waals surface area contributed by atoms with Gasteiger partial charge in [0, 0.05) is 11.0 Å². The Hall–Kier alpha value is 0.0900. The summed E-state index contributed by atoms with van der Waals surface area (Å²) in [6.45, 7) is 2.72. The smallest absolute Gasteiger partial charge is 0.210 e. The fourth-order valence-corrected chi connectivity index (χ4v) is 5.97. The Kier molecular flexibility index (Phi) is 4.52. The molecule has 0 amide bonds. The van der Waals surface area contributed by atoms with Crippen LogP contribution < -0.4 is 4.72 Å². The normalized spacial score (nSPS) is 19.9. The standard InChI is InChI=1S/C12H18BrNO2S2/c1-12(6-3-2-4-7-12)9-14-18(15,16)11-10(13)5-8-17-11/h5,8,14H,2-4,6-7,9H2,1H3. The molecule has 2 rings (SSSR count). The summed E-state index contributed by atoms with van der Waals surface area (Å²) in [7, 11) is -3.36. The topological polar surface area (TPSA) is 46.2 Å². The molecule has 0 unspecified atom stereocenters. The molecule has 1 aliphatic rings. The van der Waals surface area contributed by atoms with Gasteiger partial charge in [0.25, 0.3) is 10.0 Å². The van der Waals surface area contributed by atoms with E-state index in [2.05, 4.69) is 27.6 Å². The van der Waals surface area contributed by atoms with Crippen LogP contribution in [0.25, 0.3) is 0 Å². The maximum Gasteiger partial charge on any atom is 0.251 e. The van der Waals surface area contributed by atoms with Gasteiger partial charge in [0.2, 0.25) is 0 Å². The summed E-state index contributed by atoms with van der Waals surface area (Å²) in [6.07, 6.45) is 5.92. The number of sulfonamides is 1. The minimum atomic E-state index is -3.36. The van der Waals surface area contributed by atoms with E-state index in [0.29, 0.717) is 15.2 Å². The average molecular weight is 352 g/mol. The predicted octanol–water partition coefficient (Wildman–Crippen LogP) is 3.76. The Morgan fingerprint density at radius 3 is 2.61 bits per heavy atom. The molecule has 1 aliphatic carbocycles. The SMILES string of the molecule is CC1(CNS(=O)(=O)c2sccc2Br)CCCCC1. The molecule has 0 saturated heterocycles. The van der Waals surface area contributed by atoms with E-state index in [4.69, 9.17) is 0 Å². The fraction of sp³-hybridized carbons (Fsp3) is 0.667. The van der Waals surface area contributed by atoms with Crippen molar-refractivity contribution in [3.05, 3.63) is 15.9 Å². The van der Waals surface area contributed by atoms with Crippen LogP contribution in [0, 0.1) is 5.41 Å². The van der Waals surface area contributed by atoms with Crippen molar-refractivity contribution < 1.29 is 8.42 Å². The van der Waals surface area contributed by atoms with Crippen LogP contribution in [0.4, 0.5) is 0 Å². The molecule has 0 radical (unpaired) electrons. The largest absolute Gasteiger partial charge is 0.251 e. The van der Waals surface area contributed by atoms with E-state index in [9.17, 15) is 8.42 Å². The van der Waals surface area contributed by atoms with Crippen LogP contribution in [-0.4, -0.2) is 15.0 Å². The van der Waals surface area contributed by atoms with Gasteiger partial charge in [0.05, 0.1) is 0 Å². The van der Waals surface area contributed by atoms with Gasteiger partial charge < -0.3 is 0 Å². The second-order valence-electron chi connectivity index (χ2n) is 5.25. The first kappa shape index (κ1) is 14.5. The zero-order valence-corrected chi connectivity index (χ0v) is 13.6. The van der Waals surface area contributed by atoms with E-state index in [0.717, 1.165) is 12.8 Å². The van der Waals surface area contributed by atoms with Gasteiger partial charge in [-0.1, -0.05) is 26.2 Å². The minimum absolute atomic E-state index is 0.120. The lowest BCUT2D eigenvalue weighted by molar-refractivity contribution is 0.219. The highest BCUT2D eigenvalue weighted by atomic mass is 79.9. The summed E-state index contributed by atoms with van der Waals surface area (Å²) in [6, 6.07) is 1.77. The lowest BCUT2D eigenvalue weighted by Crippen LogP contribution is -2.36. The third-order valence-corrected chi connectivity index (χ3v) is 7.65. The zero-order chi connectivity index (χ0) is 13.2. The summed E-state index contributed by atoms with van der Waals surface area (Å²) in [5.74, 6) is 0. The van der Waals surface area contributed by atoms with Crippen LogP contribution in [-0.2, 0) is 10.0 Å². The average Bonchev–Trinajstić information content (AvgIpc) is 2.75. The minimum Gasteiger partial charge on any atom is -0.210 e. The quantitative estimate of drug-likeness (QED) is 0.897. The van der Waals surface area contributed by atoms with Crippen LogP contribution in [0.5, 0.6) is 0 Å². The maximum absolute atomic E-state index is 12.2. The van der Waals surface area contributed by atoms with Crippen molar-refractivity contribution in [1.82, 2.24) is 4.72 Å². The molecular weight excluding hydrogens is 334 g/mol. The molecule has 1 aromatic rings. The molecule has 1 heterocycles. The van der Waals surface area contributed by atoms with Crippen molar-refractivity contribution in [3.63, 3.8) is 0 Å². The van der Waals surface area contributed by atoms with Crippen molar-refractivity contribution in [2.24, 2.45) is 5.41 Å². The number of rotatable bonds is 4.